The highest BCUT2D eigenvalue weighted by molar-refractivity contribution is 8.33. The van der Waals surface area contributed by atoms with Crippen LogP contribution in [0, 0.1) is 6.92 Å². The van der Waals surface area contributed by atoms with Gasteiger partial charge >= 0.3 is 13.3 Å². The average Bonchev–Trinajstić information content (AvgIpc) is 3.80. The average molecular weight is 718 g/mol. The van der Waals surface area contributed by atoms with Crippen LogP contribution in [0.2, 0.25) is 0 Å². The van der Waals surface area contributed by atoms with E-state index in [9.17, 15) is 14.2 Å². The monoisotopic (exact) mass is 717 g/mol. The van der Waals surface area contributed by atoms with E-state index < -0.39 is 55.8 Å². The van der Waals surface area contributed by atoms with Crippen molar-refractivity contribution in [2.45, 2.75) is 80.4 Å². The van der Waals surface area contributed by atoms with Crippen LogP contribution in [0.5, 0.6) is 0 Å². The number of aryl methyl sites for hydroxylation is 1. The first-order chi connectivity index (χ1) is 23.1. The Kier molecular flexibility index (Phi) is 11.3. The predicted octanol–water partition coefficient (Wildman–Crippen LogP) is 6.94. The zero-order valence-corrected chi connectivity index (χ0v) is 30.4. The molecule has 6 atom stereocenters. The van der Waals surface area contributed by atoms with Crippen LogP contribution < -0.4 is 11.2 Å². The van der Waals surface area contributed by atoms with Gasteiger partial charge in [-0.25, -0.2) is 9.46 Å². The lowest BCUT2D eigenvalue weighted by Gasteiger charge is -2.39. The Balaban J connectivity index is 1.27. The third kappa shape index (κ3) is 7.53. The molecule has 3 aliphatic heterocycles. The largest absolute Gasteiger partial charge is 0.353 e. The van der Waals surface area contributed by atoms with Gasteiger partial charge in [0.25, 0.3) is 14.1 Å². The van der Waals surface area contributed by atoms with Crippen molar-refractivity contribution >= 4 is 26.2 Å². The zero-order chi connectivity index (χ0) is 33.9. The molecule has 0 radical (unpaired) electrons. The van der Waals surface area contributed by atoms with E-state index in [1.807, 2.05) is 0 Å². The van der Waals surface area contributed by atoms with Crippen molar-refractivity contribution in [2.75, 3.05) is 31.8 Å². The molecule has 4 heterocycles. The Morgan fingerprint density at radius 3 is 2.31 bits per heavy atom. The molecular weight excluding hydrogens is 672 g/mol. The maximum atomic E-state index is 13.3. The lowest BCUT2D eigenvalue weighted by Crippen LogP contribution is -2.33. The fraction of sp³-hybridized carbons (Fsp3) is 0.471. The number of ether oxygens (including phenoxy) is 1. The molecule has 48 heavy (non-hydrogen) atoms. The number of nitrogens with zero attached hydrogens (tertiary/aromatic N) is 2. The van der Waals surface area contributed by atoms with Gasteiger partial charge in [0.2, 0.25) is 0 Å². The molecule has 0 amide bonds. The summed E-state index contributed by atoms with van der Waals surface area (Å²) >= 11 is 0. The highest BCUT2D eigenvalue weighted by atomic mass is 32.3. The molecule has 1 unspecified atom stereocenters. The second-order valence-corrected chi connectivity index (χ2v) is 19.0. The van der Waals surface area contributed by atoms with E-state index in [0.717, 1.165) is 25.1 Å². The number of aromatic nitrogens is 2. The van der Waals surface area contributed by atoms with Crippen molar-refractivity contribution in [3.8, 4) is 0 Å². The molecule has 260 valence electrons. The highest BCUT2D eigenvalue weighted by Crippen LogP contribution is 2.65. The van der Waals surface area contributed by atoms with Crippen LogP contribution in [-0.2, 0) is 27.4 Å². The van der Waals surface area contributed by atoms with Gasteiger partial charge in [0, 0.05) is 42.3 Å². The summed E-state index contributed by atoms with van der Waals surface area (Å²) in [6.07, 6.45) is 5.95. The summed E-state index contributed by atoms with van der Waals surface area (Å²) in [5, 5.41) is 0. The van der Waals surface area contributed by atoms with Crippen molar-refractivity contribution in [3.63, 3.8) is 0 Å². The molecule has 0 aliphatic carbocycles. The van der Waals surface area contributed by atoms with Crippen molar-refractivity contribution in [2.24, 2.45) is 0 Å². The SMILES string of the molecule is CCOP(=O)(/C=C/C1O[C@@H](n2cc(C)c(=O)[nH]c2=O)C[C@H]1O[P@@]1O[C@H](CS(C)(c2ccccc2)c2ccccc2)[C@@H]2CCCN21)OCC. The molecule has 1 aromatic heterocycles. The van der Waals surface area contributed by atoms with Crippen LogP contribution in [0.15, 0.2) is 98.1 Å². The quantitative estimate of drug-likeness (QED) is 0.188. The minimum absolute atomic E-state index is 0.0354. The van der Waals surface area contributed by atoms with Crippen LogP contribution >= 0.6 is 26.2 Å². The molecule has 3 aliphatic rings. The lowest BCUT2D eigenvalue weighted by atomic mass is 10.1. The number of hydrogen-bond donors (Lipinski definition) is 1. The van der Waals surface area contributed by atoms with Crippen LogP contribution in [0.1, 0.15) is 44.9 Å². The van der Waals surface area contributed by atoms with Gasteiger partial charge in [-0.1, -0.05) is 36.4 Å². The summed E-state index contributed by atoms with van der Waals surface area (Å²) in [6.45, 7) is 6.44. The van der Waals surface area contributed by atoms with Crippen molar-refractivity contribution in [1.29, 1.82) is 0 Å². The Morgan fingerprint density at radius 2 is 1.69 bits per heavy atom. The first-order valence-corrected chi connectivity index (χ1v) is 21.4. The second kappa shape index (κ2) is 15.3. The number of hydrogen-bond acceptors (Lipinski definition) is 9. The van der Waals surface area contributed by atoms with Crippen molar-refractivity contribution in [3.05, 3.63) is 105 Å². The van der Waals surface area contributed by atoms with E-state index in [2.05, 4.69) is 76.6 Å². The van der Waals surface area contributed by atoms with E-state index in [-0.39, 0.29) is 25.4 Å². The fourth-order valence-corrected chi connectivity index (χ4v) is 13.2. The number of aromatic amines is 1. The number of fused-ring (bicyclic) bond motifs is 1. The molecule has 11 nitrogen and oxygen atoms in total. The first kappa shape index (κ1) is 35.5. The van der Waals surface area contributed by atoms with Crippen LogP contribution in [-0.4, -0.2) is 70.3 Å². The van der Waals surface area contributed by atoms with Gasteiger partial charge in [-0.2, -0.15) is 10.0 Å². The van der Waals surface area contributed by atoms with Crippen LogP contribution in [0.4, 0.5) is 0 Å². The topological polar surface area (TPSA) is 121 Å². The minimum Gasteiger partial charge on any atom is -0.348 e. The van der Waals surface area contributed by atoms with E-state index in [1.54, 1.807) is 26.8 Å². The van der Waals surface area contributed by atoms with E-state index in [1.165, 1.54) is 26.4 Å². The summed E-state index contributed by atoms with van der Waals surface area (Å²) in [5.41, 5.74) is -0.623. The zero-order valence-electron chi connectivity index (χ0n) is 27.8. The minimum atomic E-state index is -3.53. The first-order valence-electron chi connectivity index (χ1n) is 16.5. The van der Waals surface area contributed by atoms with Gasteiger partial charge in [-0.15, -0.1) is 0 Å². The van der Waals surface area contributed by atoms with Gasteiger partial charge in [0.1, 0.15) is 12.3 Å². The second-order valence-electron chi connectivity index (χ2n) is 12.3. The molecule has 1 N–H and O–H groups in total. The van der Waals surface area contributed by atoms with Gasteiger partial charge in [0.15, 0.2) is 0 Å². The predicted molar refractivity (Wildman–Crippen MR) is 189 cm³/mol. The Bertz CT molecular complexity index is 1690. The highest BCUT2D eigenvalue weighted by Gasteiger charge is 2.51. The maximum absolute atomic E-state index is 13.3. The molecular formula is C34H45N3O8P2S. The van der Waals surface area contributed by atoms with Gasteiger partial charge < -0.3 is 22.8 Å². The smallest absolute Gasteiger partial charge is 0.348 e. The lowest BCUT2D eigenvalue weighted by molar-refractivity contribution is 0.00704. The van der Waals surface area contributed by atoms with Crippen LogP contribution in [0.25, 0.3) is 0 Å². The standard InChI is InChI=1S/C34H45N3O8P2S/c1-5-41-47(40,42-6-2)21-19-29-30(22-32(43-29)36-23-25(3)33(38)35-34(36)39)44-46-37-20-13-18-28(37)31(45-46)24-48(4,26-14-9-7-10-15-26)27-16-11-8-12-17-27/h7-12,14-17,19,21,23,28-32H,5-6,13,18,20,22,24H2,1-4H3,(H,35,38,39)/b21-19+/t28-,29?,30+,31+,32+,46-/m0/s1. The molecule has 0 bridgehead atoms. The van der Waals surface area contributed by atoms with E-state index in [0.29, 0.717) is 12.0 Å². The Morgan fingerprint density at radius 1 is 1.04 bits per heavy atom. The Labute approximate surface area is 284 Å². The normalized spacial score (nSPS) is 26.8. The summed E-state index contributed by atoms with van der Waals surface area (Å²) < 4.78 is 48.1. The van der Waals surface area contributed by atoms with Gasteiger partial charge in [-0.05, 0) is 80.0 Å². The molecule has 3 fully saturated rings. The fourth-order valence-electron chi connectivity index (χ4n) is 6.63. The van der Waals surface area contributed by atoms with Crippen molar-refractivity contribution < 1.29 is 27.4 Å². The maximum Gasteiger partial charge on any atom is 0.353 e. The van der Waals surface area contributed by atoms with Crippen molar-refractivity contribution in [1.82, 2.24) is 14.2 Å². The molecule has 14 heteroatoms. The summed E-state index contributed by atoms with van der Waals surface area (Å²) in [4.78, 5) is 29.9. The van der Waals surface area contributed by atoms with E-state index >= 15 is 0 Å². The number of nitrogens with one attached hydrogen (secondary N) is 1. The molecule has 3 saturated heterocycles. The number of benzene rings is 2. The summed E-state index contributed by atoms with van der Waals surface area (Å²) in [6, 6.07) is 21.6. The summed E-state index contributed by atoms with van der Waals surface area (Å²) in [5.74, 6) is 2.28. The number of rotatable bonds is 13. The number of H-pyrrole nitrogens is 1. The molecule has 6 rings (SSSR count). The van der Waals surface area contributed by atoms with E-state index in [4.69, 9.17) is 22.8 Å². The Hall–Kier alpha value is -2.37. The van der Waals surface area contributed by atoms with Crippen LogP contribution in [0.3, 0.4) is 0 Å². The van der Waals surface area contributed by atoms with Gasteiger partial charge in [-0.3, -0.25) is 18.9 Å². The molecule has 2 aromatic carbocycles. The molecule has 3 aromatic rings. The summed E-state index contributed by atoms with van der Waals surface area (Å²) in [7, 11) is -6.41. The van der Waals surface area contributed by atoms with Gasteiger partial charge in [0.05, 0.1) is 25.4 Å². The molecule has 0 spiro atoms. The third-order valence-electron chi connectivity index (χ3n) is 9.03. The third-order valence-corrected chi connectivity index (χ3v) is 16.2. The molecule has 0 saturated carbocycles.